The molecule has 0 aromatic heterocycles. The number of hydrogen-bond donors (Lipinski definition) is 1. The number of benzene rings is 1. The first-order valence-electron chi connectivity index (χ1n) is 6.17. The molecule has 0 atom stereocenters. The SMILES string of the molecule is CCc1ccccc1NC(=O)C(OC(C)=O)OC(C)=O. The largest absolute Gasteiger partial charge is 0.416 e. The van der Waals surface area contributed by atoms with Gasteiger partial charge >= 0.3 is 24.1 Å². The summed E-state index contributed by atoms with van der Waals surface area (Å²) in [5, 5.41) is 2.58. The number of anilines is 1. The fourth-order valence-corrected chi connectivity index (χ4v) is 1.57. The zero-order chi connectivity index (χ0) is 15.1. The van der Waals surface area contributed by atoms with E-state index in [1.807, 2.05) is 19.1 Å². The number of hydrogen-bond acceptors (Lipinski definition) is 5. The lowest BCUT2D eigenvalue weighted by molar-refractivity contribution is -0.188. The average Bonchev–Trinajstić information content (AvgIpc) is 2.37. The number of carbonyl (C=O) groups is 3. The lowest BCUT2D eigenvalue weighted by Gasteiger charge is -2.17. The Morgan fingerprint density at radius 3 is 2.15 bits per heavy atom. The van der Waals surface area contributed by atoms with Crippen molar-refractivity contribution in [3.05, 3.63) is 29.8 Å². The maximum Gasteiger partial charge on any atom is 0.326 e. The summed E-state index contributed by atoms with van der Waals surface area (Å²) in [7, 11) is 0. The summed E-state index contributed by atoms with van der Waals surface area (Å²) in [5.74, 6) is -2.14. The van der Waals surface area contributed by atoms with Gasteiger partial charge in [-0.15, -0.1) is 0 Å². The van der Waals surface area contributed by atoms with Gasteiger partial charge in [0.05, 0.1) is 0 Å². The lowest BCUT2D eigenvalue weighted by atomic mass is 10.1. The zero-order valence-electron chi connectivity index (χ0n) is 11.6. The van der Waals surface area contributed by atoms with Crippen LogP contribution in [0.2, 0.25) is 0 Å². The second-order valence-corrected chi connectivity index (χ2v) is 4.05. The number of carbonyl (C=O) groups excluding carboxylic acids is 3. The third-order valence-electron chi connectivity index (χ3n) is 2.42. The first kappa shape index (κ1) is 15.7. The van der Waals surface area contributed by atoms with Crippen LogP contribution >= 0.6 is 0 Å². The fourth-order valence-electron chi connectivity index (χ4n) is 1.57. The van der Waals surface area contributed by atoms with Gasteiger partial charge < -0.3 is 14.8 Å². The molecule has 0 aliphatic heterocycles. The third-order valence-corrected chi connectivity index (χ3v) is 2.42. The van der Waals surface area contributed by atoms with E-state index in [1.165, 1.54) is 0 Å². The monoisotopic (exact) mass is 279 g/mol. The van der Waals surface area contributed by atoms with Gasteiger partial charge in [0.15, 0.2) is 0 Å². The van der Waals surface area contributed by atoms with E-state index in [4.69, 9.17) is 0 Å². The molecule has 0 aliphatic carbocycles. The Morgan fingerprint density at radius 1 is 1.10 bits per heavy atom. The average molecular weight is 279 g/mol. The van der Waals surface area contributed by atoms with Gasteiger partial charge in [-0.3, -0.25) is 14.4 Å². The molecular formula is C14H17NO5. The van der Waals surface area contributed by atoms with Gasteiger partial charge in [0, 0.05) is 19.5 Å². The van der Waals surface area contributed by atoms with Crippen LogP contribution < -0.4 is 5.32 Å². The third kappa shape index (κ3) is 4.72. The van der Waals surface area contributed by atoms with Gasteiger partial charge in [0.25, 0.3) is 0 Å². The van der Waals surface area contributed by atoms with Gasteiger partial charge in [-0.05, 0) is 18.1 Å². The first-order valence-corrected chi connectivity index (χ1v) is 6.17. The Hall–Kier alpha value is -2.37. The molecule has 0 spiro atoms. The smallest absolute Gasteiger partial charge is 0.326 e. The molecule has 6 heteroatoms. The number of amides is 1. The van der Waals surface area contributed by atoms with Crippen molar-refractivity contribution in [1.29, 1.82) is 0 Å². The molecule has 0 bridgehead atoms. The minimum Gasteiger partial charge on any atom is -0.416 e. The van der Waals surface area contributed by atoms with E-state index in [1.54, 1.807) is 12.1 Å². The van der Waals surface area contributed by atoms with Crippen LogP contribution in [0.15, 0.2) is 24.3 Å². The van der Waals surface area contributed by atoms with Crippen molar-refractivity contribution in [2.75, 3.05) is 5.32 Å². The molecule has 1 aromatic rings. The Kier molecular flexibility index (Phi) is 5.71. The molecule has 0 aliphatic rings. The number of esters is 2. The van der Waals surface area contributed by atoms with E-state index in [0.717, 1.165) is 25.8 Å². The highest BCUT2D eigenvalue weighted by Gasteiger charge is 2.25. The quantitative estimate of drug-likeness (QED) is 0.654. The number of para-hydroxylation sites is 1. The molecule has 108 valence electrons. The topological polar surface area (TPSA) is 81.7 Å². The summed E-state index contributed by atoms with van der Waals surface area (Å²) in [6, 6.07) is 7.20. The minimum absolute atomic E-state index is 0.587. The van der Waals surface area contributed by atoms with E-state index < -0.39 is 24.1 Å². The summed E-state index contributed by atoms with van der Waals surface area (Å²) < 4.78 is 9.35. The van der Waals surface area contributed by atoms with Crippen molar-refractivity contribution in [3.63, 3.8) is 0 Å². The highest BCUT2D eigenvalue weighted by Crippen LogP contribution is 2.16. The van der Waals surface area contributed by atoms with E-state index in [-0.39, 0.29) is 0 Å². The maximum absolute atomic E-state index is 12.0. The molecule has 20 heavy (non-hydrogen) atoms. The van der Waals surface area contributed by atoms with Gasteiger partial charge in [0.1, 0.15) is 0 Å². The van der Waals surface area contributed by atoms with Crippen LogP contribution in [0, 0.1) is 0 Å². The molecule has 0 radical (unpaired) electrons. The summed E-state index contributed by atoms with van der Waals surface area (Å²) >= 11 is 0. The summed E-state index contributed by atoms with van der Waals surface area (Å²) in [6.45, 7) is 4.20. The molecule has 0 saturated heterocycles. The van der Waals surface area contributed by atoms with Crippen molar-refractivity contribution in [2.24, 2.45) is 0 Å². The number of rotatable bonds is 5. The van der Waals surface area contributed by atoms with Gasteiger partial charge in [-0.25, -0.2) is 0 Å². The molecule has 0 saturated carbocycles. The maximum atomic E-state index is 12.0. The Morgan fingerprint density at radius 2 is 1.65 bits per heavy atom. The van der Waals surface area contributed by atoms with Crippen molar-refractivity contribution in [2.45, 2.75) is 33.5 Å². The fraction of sp³-hybridized carbons (Fsp3) is 0.357. The standard InChI is InChI=1S/C14H17NO5/c1-4-11-7-5-6-8-12(11)15-13(18)14(19-9(2)16)20-10(3)17/h5-8,14H,4H2,1-3H3,(H,15,18). The first-order chi connectivity index (χ1) is 9.43. The van der Waals surface area contributed by atoms with E-state index in [0.29, 0.717) is 5.69 Å². The van der Waals surface area contributed by atoms with Crippen LogP contribution in [0.4, 0.5) is 5.69 Å². The molecule has 1 rings (SSSR count). The molecule has 0 fully saturated rings. The summed E-state index contributed by atoms with van der Waals surface area (Å²) in [5.41, 5.74) is 1.51. The van der Waals surface area contributed by atoms with Crippen molar-refractivity contribution >= 4 is 23.5 Å². The number of ether oxygens (including phenoxy) is 2. The van der Waals surface area contributed by atoms with Crippen LogP contribution in [-0.2, 0) is 30.3 Å². The predicted octanol–water partition coefficient (Wildman–Crippen LogP) is 1.64. The van der Waals surface area contributed by atoms with Crippen molar-refractivity contribution in [1.82, 2.24) is 0 Å². The number of nitrogens with one attached hydrogen (secondary N) is 1. The van der Waals surface area contributed by atoms with Gasteiger partial charge in [-0.2, -0.15) is 0 Å². The van der Waals surface area contributed by atoms with Crippen molar-refractivity contribution in [3.8, 4) is 0 Å². The summed E-state index contributed by atoms with van der Waals surface area (Å²) in [4.78, 5) is 33.8. The molecule has 6 nitrogen and oxygen atoms in total. The van der Waals surface area contributed by atoms with Crippen LogP contribution in [0.1, 0.15) is 26.3 Å². The Balaban J connectivity index is 2.84. The predicted molar refractivity (Wildman–Crippen MR) is 71.8 cm³/mol. The molecular weight excluding hydrogens is 262 g/mol. The molecule has 1 aromatic carbocycles. The van der Waals surface area contributed by atoms with E-state index in [2.05, 4.69) is 14.8 Å². The van der Waals surface area contributed by atoms with E-state index >= 15 is 0 Å². The highest BCUT2D eigenvalue weighted by molar-refractivity contribution is 5.95. The van der Waals surface area contributed by atoms with Crippen LogP contribution in [0.3, 0.4) is 0 Å². The van der Waals surface area contributed by atoms with Crippen LogP contribution in [-0.4, -0.2) is 24.1 Å². The Labute approximate surface area is 117 Å². The van der Waals surface area contributed by atoms with Crippen LogP contribution in [0.25, 0.3) is 0 Å². The van der Waals surface area contributed by atoms with Crippen LogP contribution in [0.5, 0.6) is 0 Å². The minimum atomic E-state index is -1.59. The second-order valence-electron chi connectivity index (χ2n) is 4.05. The lowest BCUT2D eigenvalue weighted by Crippen LogP contribution is -2.35. The molecule has 0 heterocycles. The molecule has 1 amide bonds. The zero-order valence-corrected chi connectivity index (χ0v) is 11.6. The van der Waals surface area contributed by atoms with Gasteiger partial charge in [-0.1, -0.05) is 25.1 Å². The Bertz CT molecular complexity index is 496. The second kappa shape index (κ2) is 7.28. The summed E-state index contributed by atoms with van der Waals surface area (Å²) in [6.07, 6.45) is -0.864. The van der Waals surface area contributed by atoms with Crippen molar-refractivity contribution < 1.29 is 23.9 Å². The normalized spacial score (nSPS) is 10.0. The van der Waals surface area contributed by atoms with Gasteiger partial charge in [0.2, 0.25) is 0 Å². The molecule has 0 unspecified atom stereocenters. The molecule has 1 N–H and O–H groups in total. The highest BCUT2D eigenvalue weighted by atomic mass is 16.7. The van der Waals surface area contributed by atoms with E-state index in [9.17, 15) is 14.4 Å². The number of aryl methyl sites for hydroxylation is 1.